The lowest BCUT2D eigenvalue weighted by Crippen LogP contribution is -2.28. The molecule has 28 heavy (non-hydrogen) atoms. The van der Waals surface area contributed by atoms with E-state index in [0.717, 1.165) is 22.4 Å². The molecule has 0 radical (unpaired) electrons. The Hall–Kier alpha value is -3.26. The van der Waals surface area contributed by atoms with Gasteiger partial charge in [0.1, 0.15) is 17.2 Å². The molecule has 4 rings (SSSR count). The molecular formula is C20H19N5O2S. The van der Waals surface area contributed by atoms with E-state index < -0.39 is 0 Å². The van der Waals surface area contributed by atoms with Crippen LogP contribution >= 0.6 is 11.3 Å². The normalized spacial score (nSPS) is 11.1. The fourth-order valence-corrected chi connectivity index (χ4v) is 4.00. The quantitative estimate of drug-likeness (QED) is 0.578. The summed E-state index contributed by atoms with van der Waals surface area (Å²) >= 11 is 1.43. The highest BCUT2D eigenvalue weighted by Crippen LogP contribution is 2.30. The van der Waals surface area contributed by atoms with Gasteiger partial charge in [-0.05, 0) is 19.4 Å². The number of carbonyl (C=O) groups excluding carboxylic acids is 1. The third kappa shape index (κ3) is 3.34. The van der Waals surface area contributed by atoms with Crippen LogP contribution in [0.15, 0.2) is 46.8 Å². The maximum atomic E-state index is 13.0. The minimum atomic E-state index is -0.307. The van der Waals surface area contributed by atoms with Crippen molar-refractivity contribution in [3.05, 3.63) is 63.7 Å². The molecule has 0 aliphatic heterocycles. The van der Waals surface area contributed by atoms with E-state index in [1.165, 1.54) is 22.2 Å². The van der Waals surface area contributed by atoms with E-state index in [4.69, 9.17) is 0 Å². The van der Waals surface area contributed by atoms with Crippen molar-refractivity contribution in [2.45, 2.75) is 20.4 Å². The number of amides is 1. The summed E-state index contributed by atoms with van der Waals surface area (Å²) in [6, 6.07) is 9.78. The number of benzene rings is 1. The molecule has 0 unspecified atom stereocenters. The summed E-state index contributed by atoms with van der Waals surface area (Å²) < 4.78 is 2.93. The third-order valence-corrected chi connectivity index (χ3v) is 5.39. The minimum Gasteiger partial charge on any atom is -0.309 e. The largest absolute Gasteiger partial charge is 0.309 e. The monoisotopic (exact) mass is 393 g/mol. The van der Waals surface area contributed by atoms with Crippen LogP contribution in [0.4, 0.5) is 5.82 Å². The molecule has 0 aliphatic carbocycles. The lowest BCUT2D eigenvalue weighted by atomic mass is 10.1. The Kier molecular flexibility index (Phi) is 4.56. The molecule has 1 aromatic carbocycles. The van der Waals surface area contributed by atoms with Crippen molar-refractivity contribution in [2.75, 3.05) is 5.32 Å². The molecule has 3 aromatic heterocycles. The number of hydrogen-bond acceptors (Lipinski definition) is 5. The lowest BCUT2D eigenvalue weighted by Gasteiger charge is -2.08. The number of thiophene rings is 1. The number of anilines is 1. The van der Waals surface area contributed by atoms with Gasteiger partial charge < -0.3 is 5.32 Å². The van der Waals surface area contributed by atoms with Crippen molar-refractivity contribution in [2.24, 2.45) is 7.05 Å². The number of aryl methyl sites for hydroxylation is 3. The Morgan fingerprint density at radius 2 is 1.96 bits per heavy atom. The maximum absolute atomic E-state index is 13.0. The van der Waals surface area contributed by atoms with Gasteiger partial charge in [-0.25, -0.2) is 4.98 Å². The zero-order chi connectivity index (χ0) is 19.8. The van der Waals surface area contributed by atoms with Crippen molar-refractivity contribution >= 4 is 33.3 Å². The Morgan fingerprint density at radius 3 is 2.64 bits per heavy atom. The topological polar surface area (TPSA) is 81.8 Å². The average molecular weight is 393 g/mol. The number of fused-ring (bicyclic) bond motifs is 1. The first-order chi connectivity index (χ1) is 13.4. The summed E-state index contributed by atoms with van der Waals surface area (Å²) in [4.78, 5) is 30.5. The van der Waals surface area contributed by atoms with E-state index in [1.807, 2.05) is 43.5 Å². The van der Waals surface area contributed by atoms with Crippen LogP contribution in [-0.2, 0) is 18.4 Å². The molecule has 0 aliphatic rings. The van der Waals surface area contributed by atoms with Gasteiger partial charge in [0.15, 0.2) is 0 Å². The van der Waals surface area contributed by atoms with Gasteiger partial charge >= 0.3 is 0 Å². The van der Waals surface area contributed by atoms with E-state index in [0.29, 0.717) is 16.0 Å². The van der Waals surface area contributed by atoms with E-state index in [9.17, 15) is 9.59 Å². The molecule has 0 saturated heterocycles. The summed E-state index contributed by atoms with van der Waals surface area (Å²) in [6.07, 6.45) is 1.42. The molecule has 0 fully saturated rings. The summed E-state index contributed by atoms with van der Waals surface area (Å²) in [5, 5.41) is 9.45. The fourth-order valence-electron chi connectivity index (χ4n) is 3.09. The van der Waals surface area contributed by atoms with E-state index >= 15 is 0 Å². The van der Waals surface area contributed by atoms with Crippen molar-refractivity contribution in [1.29, 1.82) is 0 Å². The number of nitrogens with zero attached hydrogens (tertiary/aromatic N) is 4. The van der Waals surface area contributed by atoms with Crippen LogP contribution in [0.1, 0.15) is 11.3 Å². The Morgan fingerprint density at radius 1 is 1.21 bits per heavy atom. The second-order valence-electron chi connectivity index (χ2n) is 6.72. The van der Waals surface area contributed by atoms with E-state index in [-0.39, 0.29) is 18.0 Å². The van der Waals surface area contributed by atoms with Gasteiger partial charge in [-0.2, -0.15) is 5.10 Å². The SMILES string of the molecule is Cc1ccc(-c2csc3ncn(CC(=O)Nc4cc(C)nn4C)c(=O)c23)cc1. The molecule has 8 heteroatoms. The molecule has 142 valence electrons. The fraction of sp³-hybridized carbons (Fsp3) is 0.200. The van der Waals surface area contributed by atoms with Crippen molar-refractivity contribution in [1.82, 2.24) is 19.3 Å². The van der Waals surface area contributed by atoms with Crippen LogP contribution in [0.3, 0.4) is 0 Å². The highest BCUT2D eigenvalue weighted by Gasteiger charge is 2.15. The Bertz CT molecular complexity index is 1230. The van der Waals surface area contributed by atoms with Crippen molar-refractivity contribution in [3.8, 4) is 11.1 Å². The second kappa shape index (κ2) is 7.05. The van der Waals surface area contributed by atoms with Gasteiger partial charge in [-0.15, -0.1) is 11.3 Å². The molecule has 0 bridgehead atoms. The van der Waals surface area contributed by atoms with Gasteiger partial charge in [-0.3, -0.25) is 18.8 Å². The molecule has 0 atom stereocenters. The number of carbonyl (C=O) groups is 1. The van der Waals surface area contributed by atoms with Crippen LogP contribution in [0.5, 0.6) is 0 Å². The predicted octanol–water partition coefficient (Wildman–Crippen LogP) is 3.11. The van der Waals surface area contributed by atoms with E-state index in [2.05, 4.69) is 15.4 Å². The molecule has 0 spiro atoms. The first kappa shape index (κ1) is 18.1. The first-order valence-electron chi connectivity index (χ1n) is 8.76. The van der Waals surface area contributed by atoms with Crippen LogP contribution in [-0.4, -0.2) is 25.2 Å². The van der Waals surface area contributed by atoms with Crippen molar-refractivity contribution < 1.29 is 4.79 Å². The van der Waals surface area contributed by atoms with Gasteiger partial charge in [-0.1, -0.05) is 29.8 Å². The molecule has 1 amide bonds. The molecule has 7 nitrogen and oxygen atoms in total. The molecular weight excluding hydrogens is 374 g/mol. The van der Waals surface area contributed by atoms with Gasteiger partial charge in [0.2, 0.25) is 5.91 Å². The smallest absolute Gasteiger partial charge is 0.263 e. The standard InChI is InChI=1S/C20H19N5O2S/c1-12-4-6-14(7-5-12)15-10-28-19-18(15)20(27)25(11-21-19)9-17(26)22-16-8-13(2)23-24(16)3/h4-8,10-11H,9H2,1-3H3,(H,22,26). The van der Waals surface area contributed by atoms with E-state index in [1.54, 1.807) is 17.8 Å². The molecule has 1 N–H and O–H groups in total. The number of nitrogens with one attached hydrogen (secondary N) is 1. The minimum absolute atomic E-state index is 0.116. The molecule has 3 heterocycles. The Balaban J connectivity index is 1.66. The van der Waals surface area contributed by atoms with Crippen LogP contribution < -0.4 is 10.9 Å². The zero-order valence-corrected chi connectivity index (χ0v) is 16.6. The van der Waals surface area contributed by atoms with Crippen molar-refractivity contribution in [3.63, 3.8) is 0 Å². The number of hydrogen-bond donors (Lipinski definition) is 1. The van der Waals surface area contributed by atoms with Crippen LogP contribution in [0.25, 0.3) is 21.3 Å². The highest BCUT2D eigenvalue weighted by molar-refractivity contribution is 7.17. The Labute approximate surface area is 165 Å². The third-order valence-electron chi connectivity index (χ3n) is 4.51. The van der Waals surface area contributed by atoms with Gasteiger partial charge in [0.05, 0.1) is 17.4 Å². The predicted molar refractivity (Wildman–Crippen MR) is 111 cm³/mol. The summed E-state index contributed by atoms with van der Waals surface area (Å²) in [6.45, 7) is 3.75. The molecule has 4 aromatic rings. The summed E-state index contributed by atoms with van der Waals surface area (Å²) in [5.74, 6) is 0.277. The van der Waals surface area contributed by atoms with Gasteiger partial charge in [0, 0.05) is 24.1 Å². The number of rotatable bonds is 4. The first-order valence-corrected chi connectivity index (χ1v) is 9.64. The average Bonchev–Trinajstić information content (AvgIpc) is 3.21. The number of aromatic nitrogens is 4. The highest BCUT2D eigenvalue weighted by atomic mass is 32.1. The zero-order valence-electron chi connectivity index (χ0n) is 15.8. The lowest BCUT2D eigenvalue weighted by molar-refractivity contribution is -0.116. The maximum Gasteiger partial charge on any atom is 0.263 e. The molecule has 0 saturated carbocycles. The summed E-state index contributed by atoms with van der Waals surface area (Å²) in [7, 11) is 1.75. The summed E-state index contributed by atoms with van der Waals surface area (Å²) in [5.41, 5.74) is 3.54. The van der Waals surface area contributed by atoms with Crippen LogP contribution in [0.2, 0.25) is 0 Å². The van der Waals surface area contributed by atoms with Gasteiger partial charge in [0.25, 0.3) is 5.56 Å². The second-order valence-corrected chi connectivity index (χ2v) is 7.57. The van der Waals surface area contributed by atoms with Crippen LogP contribution in [0, 0.1) is 13.8 Å².